The molecule has 27 heavy (non-hydrogen) atoms. The second-order valence-electron chi connectivity index (χ2n) is 6.28. The van der Waals surface area contributed by atoms with Gasteiger partial charge in [-0.25, -0.2) is 0 Å². The summed E-state index contributed by atoms with van der Waals surface area (Å²) in [6.45, 7) is 0. The van der Waals surface area contributed by atoms with Gasteiger partial charge in [-0.2, -0.15) is 0 Å². The number of Topliss-reactive ketones (excluding diaryl/α,β-unsaturated/α-hetero) is 1. The van der Waals surface area contributed by atoms with Gasteiger partial charge in [0.1, 0.15) is 6.04 Å². The highest BCUT2D eigenvalue weighted by atomic mass is 79.9. The van der Waals surface area contributed by atoms with Crippen molar-refractivity contribution < 1.29 is 9.59 Å². The fraction of sp³-hybridized carbons (Fsp3) is 0.333. The molecule has 2 aromatic rings. The molecule has 1 atom stereocenters. The molecule has 3 nitrogen and oxygen atoms in total. The maximum Gasteiger partial charge on any atom is 0.220 e. The van der Waals surface area contributed by atoms with Crippen LogP contribution >= 0.6 is 39.1 Å². The van der Waals surface area contributed by atoms with Gasteiger partial charge >= 0.3 is 0 Å². The number of rotatable bonds is 10. The van der Waals surface area contributed by atoms with E-state index in [1.165, 1.54) is 0 Å². The Morgan fingerprint density at radius 2 is 1.41 bits per heavy atom. The van der Waals surface area contributed by atoms with E-state index in [0.29, 0.717) is 27.6 Å². The summed E-state index contributed by atoms with van der Waals surface area (Å²) < 4.78 is 0. The van der Waals surface area contributed by atoms with Crippen LogP contribution in [0.3, 0.4) is 0 Å². The average molecular weight is 471 g/mol. The first kappa shape index (κ1) is 21.9. The Morgan fingerprint density at radius 3 is 2.00 bits per heavy atom. The number of nitrogens with one attached hydrogen (secondary N) is 1. The van der Waals surface area contributed by atoms with Gasteiger partial charge in [0, 0.05) is 27.4 Å². The topological polar surface area (TPSA) is 46.2 Å². The normalized spacial score (nSPS) is 11.8. The van der Waals surface area contributed by atoms with Gasteiger partial charge in [0.25, 0.3) is 0 Å². The largest absolute Gasteiger partial charge is 0.342 e. The minimum atomic E-state index is -0.751. The summed E-state index contributed by atoms with van der Waals surface area (Å²) in [5.41, 5.74) is 1.20. The summed E-state index contributed by atoms with van der Waals surface area (Å²) in [5.74, 6) is -0.308. The number of amides is 1. The van der Waals surface area contributed by atoms with Crippen molar-refractivity contribution >= 4 is 50.8 Å². The molecule has 0 spiro atoms. The molecule has 0 fully saturated rings. The zero-order valence-electron chi connectivity index (χ0n) is 14.9. The second-order valence-corrected chi connectivity index (χ2v) is 7.94. The lowest BCUT2D eigenvalue weighted by atomic mass is 9.97. The maximum atomic E-state index is 13.0. The molecule has 0 saturated heterocycles. The molecular weight excluding hydrogens is 449 g/mol. The standard InChI is InChI=1S/C21H22BrCl2NO2/c22-14-4-2-1-3-5-19(26)25-20(15-6-10-17(23)11-7-15)21(27)16-8-12-18(24)13-9-16/h6-13,20H,1-5,14H2,(H,25,26). The highest BCUT2D eigenvalue weighted by Gasteiger charge is 2.24. The number of ketones is 1. The second kappa shape index (κ2) is 11.5. The predicted molar refractivity (Wildman–Crippen MR) is 115 cm³/mol. The van der Waals surface area contributed by atoms with E-state index in [0.717, 1.165) is 31.0 Å². The lowest BCUT2D eigenvalue weighted by Gasteiger charge is -2.18. The first-order valence-electron chi connectivity index (χ1n) is 8.92. The lowest BCUT2D eigenvalue weighted by Crippen LogP contribution is -2.33. The van der Waals surface area contributed by atoms with Crippen LogP contribution in [0.4, 0.5) is 0 Å². The first-order valence-corrected chi connectivity index (χ1v) is 10.8. The molecule has 2 rings (SSSR count). The maximum absolute atomic E-state index is 13.0. The number of alkyl halides is 1. The van der Waals surface area contributed by atoms with Gasteiger partial charge in [0.15, 0.2) is 5.78 Å². The molecule has 1 N–H and O–H groups in total. The van der Waals surface area contributed by atoms with Crippen molar-refractivity contribution in [2.24, 2.45) is 0 Å². The van der Waals surface area contributed by atoms with Crippen molar-refractivity contribution in [1.29, 1.82) is 0 Å². The van der Waals surface area contributed by atoms with Crippen molar-refractivity contribution in [2.75, 3.05) is 5.33 Å². The summed E-state index contributed by atoms with van der Waals surface area (Å²) in [6, 6.07) is 12.9. The average Bonchev–Trinajstić information content (AvgIpc) is 2.67. The first-order chi connectivity index (χ1) is 13.0. The minimum absolute atomic E-state index is 0.129. The zero-order valence-corrected chi connectivity index (χ0v) is 18.0. The molecule has 0 aliphatic carbocycles. The van der Waals surface area contributed by atoms with Gasteiger partial charge in [-0.1, -0.05) is 64.1 Å². The van der Waals surface area contributed by atoms with Crippen molar-refractivity contribution in [2.45, 2.75) is 38.1 Å². The van der Waals surface area contributed by atoms with Gasteiger partial charge in [-0.3, -0.25) is 9.59 Å². The highest BCUT2D eigenvalue weighted by molar-refractivity contribution is 9.09. The third-order valence-corrected chi connectivity index (χ3v) is 5.25. The van der Waals surface area contributed by atoms with E-state index >= 15 is 0 Å². The van der Waals surface area contributed by atoms with Crippen molar-refractivity contribution in [1.82, 2.24) is 5.32 Å². The summed E-state index contributed by atoms with van der Waals surface area (Å²) in [6.07, 6.45) is 4.39. The van der Waals surface area contributed by atoms with Crippen LogP contribution in [-0.2, 0) is 4.79 Å². The molecular formula is C21H22BrCl2NO2. The molecule has 0 aromatic heterocycles. The molecule has 0 radical (unpaired) electrons. The van der Waals surface area contributed by atoms with Gasteiger partial charge in [-0.05, 0) is 54.8 Å². The lowest BCUT2D eigenvalue weighted by molar-refractivity contribution is -0.121. The summed E-state index contributed by atoms with van der Waals surface area (Å²) in [5, 5.41) is 5.00. The van der Waals surface area contributed by atoms with E-state index < -0.39 is 6.04 Å². The summed E-state index contributed by atoms with van der Waals surface area (Å²) >= 11 is 15.3. The number of benzene rings is 2. The molecule has 6 heteroatoms. The SMILES string of the molecule is O=C(CCCCCCBr)NC(C(=O)c1ccc(Cl)cc1)c1ccc(Cl)cc1. The van der Waals surface area contributed by atoms with E-state index in [2.05, 4.69) is 21.2 Å². The van der Waals surface area contributed by atoms with E-state index in [1.54, 1.807) is 48.5 Å². The van der Waals surface area contributed by atoms with Gasteiger partial charge < -0.3 is 5.32 Å². The molecule has 0 aliphatic rings. The van der Waals surface area contributed by atoms with Crippen LogP contribution in [-0.4, -0.2) is 17.0 Å². The quantitative estimate of drug-likeness (QED) is 0.248. The van der Waals surface area contributed by atoms with Crippen LogP contribution in [0.2, 0.25) is 10.0 Å². The molecule has 0 bridgehead atoms. The van der Waals surface area contributed by atoms with Crippen LogP contribution in [0.15, 0.2) is 48.5 Å². The minimum Gasteiger partial charge on any atom is -0.342 e. The van der Waals surface area contributed by atoms with Crippen molar-refractivity contribution in [3.8, 4) is 0 Å². The Bertz CT molecular complexity index is 748. The van der Waals surface area contributed by atoms with Crippen LogP contribution in [0, 0.1) is 0 Å². The molecule has 2 aromatic carbocycles. The van der Waals surface area contributed by atoms with Crippen LogP contribution in [0.5, 0.6) is 0 Å². The molecule has 0 aliphatic heterocycles. The zero-order chi connectivity index (χ0) is 19.6. The third kappa shape index (κ3) is 7.28. The van der Waals surface area contributed by atoms with Crippen LogP contribution in [0.25, 0.3) is 0 Å². The van der Waals surface area contributed by atoms with E-state index in [9.17, 15) is 9.59 Å². The number of unbranched alkanes of at least 4 members (excludes halogenated alkanes) is 3. The van der Waals surface area contributed by atoms with Crippen LogP contribution in [0.1, 0.15) is 54.1 Å². The molecule has 144 valence electrons. The predicted octanol–water partition coefficient (Wildman–Crippen LogP) is 6.38. The van der Waals surface area contributed by atoms with E-state index in [-0.39, 0.29) is 11.7 Å². The van der Waals surface area contributed by atoms with Gasteiger partial charge in [0.05, 0.1) is 0 Å². The van der Waals surface area contributed by atoms with Crippen molar-refractivity contribution in [3.63, 3.8) is 0 Å². The Kier molecular flexibility index (Phi) is 9.32. The molecule has 1 amide bonds. The smallest absolute Gasteiger partial charge is 0.220 e. The Balaban J connectivity index is 2.10. The van der Waals surface area contributed by atoms with Crippen LogP contribution < -0.4 is 5.32 Å². The summed E-state index contributed by atoms with van der Waals surface area (Å²) in [7, 11) is 0. The summed E-state index contributed by atoms with van der Waals surface area (Å²) in [4.78, 5) is 25.4. The van der Waals surface area contributed by atoms with Gasteiger partial charge in [0.2, 0.25) is 5.91 Å². The number of halogens is 3. The third-order valence-electron chi connectivity index (χ3n) is 4.19. The Morgan fingerprint density at radius 1 is 0.852 bits per heavy atom. The Labute approximate surface area is 178 Å². The van der Waals surface area contributed by atoms with Crippen molar-refractivity contribution in [3.05, 3.63) is 69.7 Å². The molecule has 0 saturated carbocycles. The van der Waals surface area contributed by atoms with E-state index in [4.69, 9.17) is 23.2 Å². The number of carbonyl (C=O) groups is 2. The van der Waals surface area contributed by atoms with E-state index in [1.807, 2.05) is 0 Å². The number of carbonyl (C=O) groups excluding carboxylic acids is 2. The highest BCUT2D eigenvalue weighted by Crippen LogP contribution is 2.22. The Hall–Kier alpha value is -1.36. The molecule has 0 heterocycles. The van der Waals surface area contributed by atoms with Gasteiger partial charge in [-0.15, -0.1) is 0 Å². The fourth-order valence-electron chi connectivity index (χ4n) is 2.70. The number of hydrogen-bond acceptors (Lipinski definition) is 2. The number of hydrogen-bond donors (Lipinski definition) is 1. The fourth-order valence-corrected chi connectivity index (χ4v) is 3.35. The monoisotopic (exact) mass is 469 g/mol. The molecule has 1 unspecified atom stereocenters.